The van der Waals surface area contributed by atoms with Gasteiger partial charge in [-0.3, -0.25) is 0 Å². The number of allylic oxidation sites excluding steroid dienone is 1. The van der Waals surface area contributed by atoms with Gasteiger partial charge < -0.3 is 0 Å². The summed E-state index contributed by atoms with van der Waals surface area (Å²) in [6.45, 7) is 29.3. The van der Waals surface area contributed by atoms with E-state index in [-0.39, 0.29) is 0 Å². The SMILES string of the molecule is CO[C](=[W])/C=C/CCC#CCCCC#C[Si](C)(C)C.[C-]#[O+].[C-]#[O+].[C-]#[O+].[C-]#[O+].[C-]#[O+]. The Morgan fingerprint density at radius 1 is 0.828 bits per heavy atom. The zero-order valence-corrected chi connectivity index (χ0v) is 21.0. The molecule has 0 fully saturated rings. The van der Waals surface area contributed by atoms with Gasteiger partial charge in [-0.05, 0) is 0 Å². The molecule has 0 saturated carbocycles. The molecule has 0 aromatic rings. The van der Waals surface area contributed by atoms with Crippen LogP contribution < -0.4 is 0 Å². The van der Waals surface area contributed by atoms with Crippen LogP contribution in [0.5, 0.6) is 0 Å². The van der Waals surface area contributed by atoms with Crippen molar-refractivity contribution in [3.8, 4) is 23.3 Å². The second-order valence-electron chi connectivity index (χ2n) is 5.22. The molecule has 0 aliphatic heterocycles. The number of hydrogen-bond donors (Lipinski definition) is 0. The van der Waals surface area contributed by atoms with E-state index in [1.807, 2.05) is 6.08 Å². The molecule has 0 radical (unpaired) electrons. The number of ether oxygens (including phenoxy) is 1. The molecule has 0 unspecified atom stereocenters. The van der Waals surface area contributed by atoms with Gasteiger partial charge in [-0.2, -0.15) is 0 Å². The summed E-state index contributed by atoms with van der Waals surface area (Å²) in [4.78, 5) is 0. The normalized spacial score (nSPS) is 7.24. The van der Waals surface area contributed by atoms with Crippen molar-refractivity contribution in [1.82, 2.24) is 0 Å². The predicted molar refractivity (Wildman–Crippen MR) is 103 cm³/mol. The fraction of sp³-hybridized carbons (Fsp3) is 0.429. The average Bonchev–Trinajstić information content (AvgIpc) is 2.78. The second kappa shape index (κ2) is 45.2. The summed E-state index contributed by atoms with van der Waals surface area (Å²) in [5.41, 5.74) is 3.38. The van der Waals surface area contributed by atoms with E-state index in [0.29, 0.717) is 0 Å². The molecule has 0 bridgehead atoms. The van der Waals surface area contributed by atoms with Crippen molar-refractivity contribution in [3.63, 3.8) is 0 Å². The maximum absolute atomic E-state index is 7.50. The van der Waals surface area contributed by atoms with Crippen molar-refractivity contribution < 1.29 is 47.4 Å². The van der Waals surface area contributed by atoms with Gasteiger partial charge in [-0.1, -0.05) is 19.6 Å². The van der Waals surface area contributed by atoms with Crippen LogP contribution in [0.25, 0.3) is 0 Å². The fourth-order valence-corrected chi connectivity index (χ4v) is 2.17. The first-order chi connectivity index (χ1) is 14.0. The summed E-state index contributed by atoms with van der Waals surface area (Å²) in [6, 6.07) is 0. The monoisotopic (exact) mass is 584 g/mol. The summed E-state index contributed by atoms with van der Waals surface area (Å²) in [6.07, 6.45) is 9.15. The molecule has 8 heteroatoms. The Hall–Kier alpha value is -1.70. The molecule has 0 aromatic carbocycles. The van der Waals surface area contributed by atoms with E-state index in [0.717, 1.165) is 36.2 Å². The van der Waals surface area contributed by atoms with Crippen molar-refractivity contribution in [3.05, 3.63) is 45.4 Å². The Kier molecular flexibility index (Phi) is 64.9. The van der Waals surface area contributed by atoms with Gasteiger partial charge in [0.15, 0.2) is 0 Å². The Balaban J connectivity index is -0.000000114. The molecule has 29 heavy (non-hydrogen) atoms. The summed E-state index contributed by atoms with van der Waals surface area (Å²) < 4.78 is 43.6. The van der Waals surface area contributed by atoms with Crippen LogP contribution in [0.2, 0.25) is 19.6 Å². The number of methoxy groups -OCH3 is 1. The van der Waals surface area contributed by atoms with Gasteiger partial charge in [0.2, 0.25) is 0 Å². The first-order valence-corrected chi connectivity index (χ1v) is 12.6. The van der Waals surface area contributed by atoms with Gasteiger partial charge in [0.25, 0.3) is 0 Å². The molecule has 0 aliphatic rings. The van der Waals surface area contributed by atoms with Crippen molar-refractivity contribution in [2.45, 2.75) is 51.7 Å². The molecule has 6 nitrogen and oxygen atoms in total. The predicted octanol–water partition coefficient (Wildman–Crippen LogP) is 3.51. The Bertz CT molecular complexity index is 579. The zero-order valence-electron chi connectivity index (χ0n) is 17.0. The van der Waals surface area contributed by atoms with Crippen molar-refractivity contribution in [2.75, 3.05) is 7.11 Å². The van der Waals surface area contributed by atoms with Gasteiger partial charge in [0.1, 0.15) is 8.07 Å². The topological polar surface area (TPSA) is 109 Å². The molecule has 0 saturated heterocycles. The van der Waals surface area contributed by atoms with Crippen LogP contribution in [0.1, 0.15) is 32.1 Å². The zero-order chi connectivity index (χ0) is 24.6. The molecular weight excluding hydrogens is 560 g/mol. The molecule has 0 heterocycles. The standard InChI is InChI=1S/C16H24OSi.5CO.W/c1-17-15-13-11-9-7-5-6-8-10-12-14-16-18(2,3)4;5*1-2;/h11,13H,7-10,12H2,1-4H3;;;;;;/b13-11+;;;;;;. The number of rotatable bonds is 6. The first-order valence-electron chi connectivity index (χ1n) is 7.68. The van der Waals surface area contributed by atoms with E-state index in [2.05, 4.69) is 82.3 Å². The second-order valence-corrected chi connectivity index (χ2v) is 11.4. The van der Waals surface area contributed by atoms with Crippen LogP contribution in [0.15, 0.2) is 12.2 Å². The van der Waals surface area contributed by atoms with Crippen LogP contribution in [0, 0.1) is 56.6 Å². The van der Waals surface area contributed by atoms with Gasteiger partial charge in [0.05, 0.1) is 0 Å². The summed E-state index contributed by atoms with van der Waals surface area (Å²) in [5.74, 6) is 9.69. The minimum absolute atomic E-state index is 0.934. The third-order valence-corrected chi connectivity index (χ3v) is 4.10. The molecule has 0 aromatic heterocycles. The third-order valence-electron chi connectivity index (χ3n) is 2.08. The van der Waals surface area contributed by atoms with E-state index in [1.54, 1.807) is 7.11 Å². The van der Waals surface area contributed by atoms with E-state index >= 15 is 0 Å². The Morgan fingerprint density at radius 3 is 1.66 bits per heavy atom. The molecular formula is C21H24O6SiW. The summed E-state index contributed by atoms with van der Waals surface area (Å²) in [5, 5.41) is 0. The molecule has 0 atom stereocenters. The molecule has 0 amide bonds. The molecule has 154 valence electrons. The van der Waals surface area contributed by atoms with Crippen LogP contribution in [-0.2, 0) is 47.4 Å². The maximum atomic E-state index is 7.50. The van der Waals surface area contributed by atoms with Gasteiger partial charge >= 0.3 is 159 Å². The van der Waals surface area contributed by atoms with Crippen LogP contribution >= 0.6 is 0 Å². The van der Waals surface area contributed by atoms with Crippen molar-refractivity contribution in [2.24, 2.45) is 0 Å². The Labute approximate surface area is 186 Å². The van der Waals surface area contributed by atoms with E-state index < -0.39 is 8.07 Å². The van der Waals surface area contributed by atoms with Crippen LogP contribution in [0.4, 0.5) is 0 Å². The van der Waals surface area contributed by atoms with E-state index in [9.17, 15) is 0 Å². The van der Waals surface area contributed by atoms with Gasteiger partial charge in [-0.25, -0.2) is 0 Å². The molecule has 0 N–H and O–H groups in total. The summed E-state index contributed by atoms with van der Waals surface area (Å²) >= 11 is 1.36. The van der Waals surface area contributed by atoms with Gasteiger partial charge in [-0.15, -0.1) is 0 Å². The Morgan fingerprint density at radius 2 is 1.24 bits per heavy atom. The minimum atomic E-state index is -1.18. The van der Waals surface area contributed by atoms with E-state index in [4.69, 9.17) is 28.0 Å². The van der Waals surface area contributed by atoms with Crippen molar-refractivity contribution in [1.29, 1.82) is 0 Å². The van der Waals surface area contributed by atoms with E-state index in [1.165, 1.54) is 19.4 Å². The average molecular weight is 584 g/mol. The van der Waals surface area contributed by atoms with Crippen LogP contribution in [0.3, 0.4) is 0 Å². The summed E-state index contributed by atoms with van der Waals surface area (Å²) in [7, 11) is 0.530. The fourth-order valence-electron chi connectivity index (χ4n) is 1.17. The van der Waals surface area contributed by atoms with Gasteiger partial charge in [0, 0.05) is 0 Å². The first kappa shape index (κ1) is 41.6. The van der Waals surface area contributed by atoms with Crippen LogP contribution in [-0.4, -0.2) is 19.3 Å². The van der Waals surface area contributed by atoms with Crippen molar-refractivity contribution >= 4 is 12.2 Å². The molecule has 0 rings (SSSR count). The quantitative estimate of drug-likeness (QED) is 0.154. The molecule has 0 aliphatic carbocycles. The molecule has 0 spiro atoms. The number of unbranched alkanes of at least 4 members (excludes halogenated alkanes) is 3. The third kappa shape index (κ3) is 66.3. The number of hydrogen-bond acceptors (Lipinski definition) is 1.